The molecule has 0 atom stereocenters. The van der Waals surface area contributed by atoms with E-state index in [0.717, 1.165) is 29.9 Å². The quantitative estimate of drug-likeness (QED) is 0.801. The molecule has 0 saturated heterocycles. The number of benzene rings is 2. The van der Waals surface area contributed by atoms with Crippen LogP contribution in [0.5, 0.6) is 11.5 Å². The maximum absolute atomic E-state index is 12.3. The number of hydrogen-bond donors (Lipinski definition) is 1. The van der Waals surface area contributed by atoms with E-state index in [0.29, 0.717) is 19.4 Å². The molecule has 0 aliphatic heterocycles. The van der Waals surface area contributed by atoms with Crippen LogP contribution in [0.1, 0.15) is 30.4 Å². The van der Waals surface area contributed by atoms with Gasteiger partial charge >= 0.3 is 0 Å². The van der Waals surface area contributed by atoms with Crippen molar-refractivity contribution in [3.05, 3.63) is 59.7 Å². The predicted octanol–water partition coefficient (Wildman–Crippen LogP) is 3.48. The lowest BCUT2D eigenvalue weighted by Gasteiger charge is -2.17. The Morgan fingerprint density at radius 1 is 1.08 bits per heavy atom. The zero-order valence-corrected chi connectivity index (χ0v) is 14.9. The molecular formula is C21H25NO3. The van der Waals surface area contributed by atoms with Crippen molar-refractivity contribution >= 4 is 5.91 Å². The summed E-state index contributed by atoms with van der Waals surface area (Å²) in [6.45, 7) is 0.713. The Balaban J connectivity index is 1.54. The fourth-order valence-electron chi connectivity index (χ4n) is 3.19. The van der Waals surface area contributed by atoms with E-state index in [1.165, 1.54) is 5.56 Å². The minimum atomic E-state index is 0.0760. The van der Waals surface area contributed by atoms with Crippen molar-refractivity contribution in [3.63, 3.8) is 0 Å². The summed E-state index contributed by atoms with van der Waals surface area (Å²) in [7, 11) is 3.28. The summed E-state index contributed by atoms with van der Waals surface area (Å²) in [4.78, 5) is 12.3. The van der Waals surface area contributed by atoms with Crippen molar-refractivity contribution in [2.45, 2.75) is 31.1 Å². The molecule has 0 unspecified atom stereocenters. The number of nitrogens with one attached hydrogen (secondary N) is 1. The molecule has 4 heteroatoms. The smallest absolute Gasteiger partial charge is 0.220 e. The molecule has 1 amide bonds. The van der Waals surface area contributed by atoms with Crippen LogP contribution in [0.2, 0.25) is 0 Å². The number of methoxy groups -OCH3 is 2. The molecule has 0 bridgehead atoms. The van der Waals surface area contributed by atoms with E-state index in [2.05, 4.69) is 29.6 Å². The van der Waals surface area contributed by atoms with Gasteiger partial charge < -0.3 is 14.8 Å². The van der Waals surface area contributed by atoms with Gasteiger partial charge in [-0.15, -0.1) is 0 Å². The molecule has 132 valence electrons. The van der Waals surface area contributed by atoms with Gasteiger partial charge in [0.25, 0.3) is 0 Å². The SMILES string of the molecule is COc1ccc(OC)c(CCC(=O)NCC2(c3ccccc3)CC2)c1. The molecule has 3 rings (SSSR count). The summed E-state index contributed by atoms with van der Waals surface area (Å²) in [5.41, 5.74) is 2.45. The number of carbonyl (C=O) groups excluding carboxylic acids is 1. The second-order valence-electron chi connectivity index (χ2n) is 6.60. The predicted molar refractivity (Wildman–Crippen MR) is 98.2 cm³/mol. The molecule has 25 heavy (non-hydrogen) atoms. The fourth-order valence-corrected chi connectivity index (χ4v) is 3.19. The summed E-state index contributed by atoms with van der Waals surface area (Å²) in [6.07, 6.45) is 3.35. The summed E-state index contributed by atoms with van der Waals surface area (Å²) in [6, 6.07) is 16.1. The molecule has 4 nitrogen and oxygen atoms in total. The molecule has 0 radical (unpaired) electrons. The minimum Gasteiger partial charge on any atom is -0.497 e. The first-order valence-electron chi connectivity index (χ1n) is 8.70. The normalized spacial score (nSPS) is 14.6. The number of amides is 1. The van der Waals surface area contributed by atoms with Crippen LogP contribution in [0, 0.1) is 0 Å². The van der Waals surface area contributed by atoms with Gasteiger partial charge in [0.05, 0.1) is 14.2 Å². The van der Waals surface area contributed by atoms with E-state index in [9.17, 15) is 4.79 Å². The van der Waals surface area contributed by atoms with Crippen LogP contribution in [0.25, 0.3) is 0 Å². The summed E-state index contributed by atoms with van der Waals surface area (Å²) in [5.74, 6) is 1.64. The topological polar surface area (TPSA) is 47.6 Å². The summed E-state index contributed by atoms with van der Waals surface area (Å²) in [5, 5.41) is 3.11. The molecule has 2 aromatic carbocycles. The van der Waals surface area contributed by atoms with Gasteiger partial charge in [0.2, 0.25) is 5.91 Å². The zero-order chi connectivity index (χ0) is 17.7. The largest absolute Gasteiger partial charge is 0.497 e. The molecule has 1 saturated carbocycles. The molecule has 1 aliphatic carbocycles. The Bertz CT molecular complexity index is 723. The summed E-state index contributed by atoms with van der Waals surface area (Å²) >= 11 is 0. The van der Waals surface area contributed by atoms with Crippen molar-refractivity contribution < 1.29 is 14.3 Å². The molecule has 0 heterocycles. The lowest BCUT2D eigenvalue weighted by molar-refractivity contribution is -0.121. The van der Waals surface area contributed by atoms with Crippen molar-refractivity contribution in [2.75, 3.05) is 20.8 Å². The van der Waals surface area contributed by atoms with Crippen LogP contribution < -0.4 is 14.8 Å². The van der Waals surface area contributed by atoms with Gasteiger partial charge in [-0.2, -0.15) is 0 Å². The molecule has 1 fully saturated rings. The van der Waals surface area contributed by atoms with Crippen molar-refractivity contribution in [1.82, 2.24) is 5.32 Å². The summed E-state index contributed by atoms with van der Waals surface area (Å²) < 4.78 is 10.6. The van der Waals surface area contributed by atoms with Gasteiger partial charge in [0, 0.05) is 18.4 Å². The molecule has 1 aliphatic rings. The Labute approximate surface area is 149 Å². The van der Waals surface area contributed by atoms with Crippen LogP contribution in [0.4, 0.5) is 0 Å². The maximum Gasteiger partial charge on any atom is 0.220 e. The minimum absolute atomic E-state index is 0.0760. The first-order chi connectivity index (χ1) is 12.2. The van der Waals surface area contributed by atoms with Gasteiger partial charge in [0.15, 0.2) is 0 Å². The highest BCUT2D eigenvalue weighted by Crippen LogP contribution is 2.47. The zero-order valence-electron chi connectivity index (χ0n) is 14.9. The third-order valence-corrected chi connectivity index (χ3v) is 4.97. The number of rotatable bonds is 8. The second kappa shape index (κ2) is 7.60. The van der Waals surface area contributed by atoms with E-state index in [-0.39, 0.29) is 11.3 Å². The fraction of sp³-hybridized carbons (Fsp3) is 0.381. The van der Waals surface area contributed by atoms with Crippen LogP contribution in [0.15, 0.2) is 48.5 Å². The lowest BCUT2D eigenvalue weighted by atomic mass is 9.96. The number of carbonyl (C=O) groups is 1. The van der Waals surface area contributed by atoms with E-state index < -0.39 is 0 Å². The average Bonchev–Trinajstić information content (AvgIpc) is 3.46. The average molecular weight is 339 g/mol. The van der Waals surface area contributed by atoms with Gasteiger partial charge in [-0.3, -0.25) is 4.79 Å². The highest BCUT2D eigenvalue weighted by atomic mass is 16.5. The van der Waals surface area contributed by atoms with Crippen LogP contribution in [-0.4, -0.2) is 26.7 Å². The third kappa shape index (κ3) is 4.13. The third-order valence-electron chi connectivity index (χ3n) is 4.97. The molecule has 1 N–H and O–H groups in total. The Morgan fingerprint density at radius 3 is 2.48 bits per heavy atom. The Morgan fingerprint density at radius 2 is 1.84 bits per heavy atom. The first kappa shape index (κ1) is 17.3. The maximum atomic E-state index is 12.3. The van der Waals surface area contributed by atoms with Gasteiger partial charge in [0.1, 0.15) is 11.5 Å². The molecule has 2 aromatic rings. The van der Waals surface area contributed by atoms with Gasteiger partial charge in [-0.25, -0.2) is 0 Å². The highest BCUT2D eigenvalue weighted by Gasteiger charge is 2.44. The van der Waals surface area contributed by atoms with Crippen LogP contribution in [0.3, 0.4) is 0 Å². The van der Waals surface area contributed by atoms with Gasteiger partial charge in [-0.1, -0.05) is 30.3 Å². The van der Waals surface area contributed by atoms with E-state index >= 15 is 0 Å². The number of aryl methyl sites for hydroxylation is 1. The number of hydrogen-bond acceptors (Lipinski definition) is 3. The first-order valence-corrected chi connectivity index (χ1v) is 8.70. The molecule has 0 spiro atoms. The van der Waals surface area contributed by atoms with Crippen molar-refractivity contribution in [2.24, 2.45) is 0 Å². The van der Waals surface area contributed by atoms with E-state index in [1.54, 1.807) is 14.2 Å². The Hall–Kier alpha value is -2.49. The van der Waals surface area contributed by atoms with Crippen molar-refractivity contribution in [3.8, 4) is 11.5 Å². The lowest BCUT2D eigenvalue weighted by Crippen LogP contribution is -2.32. The van der Waals surface area contributed by atoms with Crippen LogP contribution >= 0.6 is 0 Å². The van der Waals surface area contributed by atoms with Gasteiger partial charge in [-0.05, 0) is 48.6 Å². The van der Waals surface area contributed by atoms with Crippen LogP contribution in [-0.2, 0) is 16.6 Å². The van der Waals surface area contributed by atoms with E-state index in [1.807, 2.05) is 24.3 Å². The number of ether oxygens (including phenoxy) is 2. The van der Waals surface area contributed by atoms with Crippen molar-refractivity contribution in [1.29, 1.82) is 0 Å². The van der Waals surface area contributed by atoms with E-state index in [4.69, 9.17) is 9.47 Å². The monoisotopic (exact) mass is 339 g/mol. The second-order valence-corrected chi connectivity index (χ2v) is 6.60. The standard InChI is InChI=1S/C21H25NO3/c1-24-18-9-10-19(25-2)16(14-18)8-11-20(23)22-15-21(12-13-21)17-6-4-3-5-7-17/h3-7,9-10,14H,8,11-13,15H2,1-2H3,(H,22,23). The molecule has 0 aromatic heterocycles. The highest BCUT2D eigenvalue weighted by molar-refractivity contribution is 5.76. The molecular weight excluding hydrogens is 314 g/mol. The Kier molecular flexibility index (Phi) is 5.27.